The predicted octanol–water partition coefficient (Wildman–Crippen LogP) is 1.74. The van der Waals surface area contributed by atoms with Gasteiger partial charge in [-0.2, -0.15) is 5.10 Å². The highest BCUT2D eigenvalue weighted by Gasteiger charge is 2.42. The molecule has 84 valence electrons. The zero-order valence-corrected chi connectivity index (χ0v) is 9.95. The molecule has 0 radical (unpaired) electrons. The van der Waals surface area contributed by atoms with E-state index in [-0.39, 0.29) is 0 Å². The standard InChI is InChI=1S/C12H21N3/c1-10(2)13-9-12(5-6-12)8-11-4-7-15(3)14-11/h4,7,10,13H,5-6,8-9H2,1-3H3. The van der Waals surface area contributed by atoms with Crippen LogP contribution in [0.2, 0.25) is 0 Å². The lowest BCUT2D eigenvalue weighted by Gasteiger charge is -2.16. The first kappa shape index (κ1) is 10.7. The van der Waals surface area contributed by atoms with Crippen LogP contribution in [0.15, 0.2) is 12.3 Å². The van der Waals surface area contributed by atoms with Crippen molar-refractivity contribution in [3.05, 3.63) is 18.0 Å². The van der Waals surface area contributed by atoms with E-state index in [1.807, 2.05) is 17.9 Å². The molecule has 0 saturated heterocycles. The highest BCUT2D eigenvalue weighted by atomic mass is 15.2. The van der Waals surface area contributed by atoms with Gasteiger partial charge in [0.25, 0.3) is 0 Å². The van der Waals surface area contributed by atoms with E-state index in [0.717, 1.165) is 13.0 Å². The van der Waals surface area contributed by atoms with Crippen LogP contribution in [0.5, 0.6) is 0 Å². The first-order valence-corrected chi connectivity index (χ1v) is 5.82. The molecule has 1 saturated carbocycles. The molecule has 3 nitrogen and oxygen atoms in total. The minimum atomic E-state index is 0.513. The summed E-state index contributed by atoms with van der Waals surface area (Å²) in [5.41, 5.74) is 1.75. The Morgan fingerprint density at radius 1 is 1.53 bits per heavy atom. The van der Waals surface area contributed by atoms with E-state index in [2.05, 4.69) is 30.3 Å². The summed E-state index contributed by atoms with van der Waals surface area (Å²) in [6, 6.07) is 2.72. The van der Waals surface area contributed by atoms with Crippen molar-refractivity contribution in [1.29, 1.82) is 0 Å². The van der Waals surface area contributed by atoms with Gasteiger partial charge in [0, 0.05) is 25.8 Å². The Hall–Kier alpha value is -0.830. The van der Waals surface area contributed by atoms with Gasteiger partial charge in [-0.25, -0.2) is 0 Å². The summed E-state index contributed by atoms with van der Waals surface area (Å²) in [5, 5.41) is 7.99. The molecule has 2 rings (SSSR count). The fourth-order valence-corrected chi connectivity index (χ4v) is 1.96. The van der Waals surface area contributed by atoms with Crippen molar-refractivity contribution >= 4 is 0 Å². The maximum absolute atomic E-state index is 4.45. The summed E-state index contributed by atoms with van der Waals surface area (Å²) in [6.07, 6.45) is 5.86. The van der Waals surface area contributed by atoms with Crippen molar-refractivity contribution in [3.63, 3.8) is 0 Å². The molecule has 0 bridgehead atoms. The number of hydrogen-bond donors (Lipinski definition) is 1. The fraction of sp³-hybridized carbons (Fsp3) is 0.750. The molecule has 15 heavy (non-hydrogen) atoms. The van der Waals surface area contributed by atoms with Gasteiger partial charge in [0.1, 0.15) is 0 Å². The van der Waals surface area contributed by atoms with Crippen molar-refractivity contribution in [1.82, 2.24) is 15.1 Å². The molecule has 1 aromatic rings. The highest BCUT2D eigenvalue weighted by molar-refractivity contribution is 5.08. The van der Waals surface area contributed by atoms with Gasteiger partial charge in [0.05, 0.1) is 5.69 Å². The third kappa shape index (κ3) is 2.81. The molecule has 1 fully saturated rings. The summed E-state index contributed by atoms with van der Waals surface area (Å²) < 4.78 is 1.89. The maximum atomic E-state index is 4.45. The van der Waals surface area contributed by atoms with Gasteiger partial charge >= 0.3 is 0 Å². The summed E-state index contributed by atoms with van der Waals surface area (Å²) >= 11 is 0. The summed E-state index contributed by atoms with van der Waals surface area (Å²) in [7, 11) is 1.98. The molecular formula is C12H21N3. The van der Waals surface area contributed by atoms with Crippen LogP contribution in [-0.2, 0) is 13.5 Å². The maximum Gasteiger partial charge on any atom is 0.0630 e. The van der Waals surface area contributed by atoms with Crippen LogP contribution in [0.4, 0.5) is 0 Å². The molecule has 1 aliphatic rings. The summed E-state index contributed by atoms with van der Waals surface area (Å²) in [4.78, 5) is 0. The van der Waals surface area contributed by atoms with Crippen molar-refractivity contribution in [2.75, 3.05) is 6.54 Å². The number of aryl methyl sites for hydroxylation is 1. The first-order valence-electron chi connectivity index (χ1n) is 5.82. The highest BCUT2D eigenvalue weighted by Crippen LogP contribution is 2.47. The van der Waals surface area contributed by atoms with Crippen LogP contribution in [0.1, 0.15) is 32.4 Å². The summed E-state index contributed by atoms with van der Waals surface area (Å²) in [6.45, 7) is 5.55. The van der Waals surface area contributed by atoms with E-state index in [4.69, 9.17) is 0 Å². The van der Waals surface area contributed by atoms with E-state index in [1.165, 1.54) is 18.5 Å². The van der Waals surface area contributed by atoms with Gasteiger partial charge in [0.2, 0.25) is 0 Å². The molecule has 3 heteroatoms. The van der Waals surface area contributed by atoms with Gasteiger partial charge in [-0.1, -0.05) is 13.8 Å². The van der Waals surface area contributed by atoms with E-state index in [0.29, 0.717) is 11.5 Å². The lowest BCUT2D eigenvalue weighted by atomic mass is 10.00. The minimum Gasteiger partial charge on any atom is -0.314 e. The molecule has 1 N–H and O–H groups in total. The van der Waals surface area contributed by atoms with Crippen LogP contribution in [-0.4, -0.2) is 22.4 Å². The Bertz CT molecular complexity index is 323. The minimum absolute atomic E-state index is 0.513. The topological polar surface area (TPSA) is 29.9 Å². The van der Waals surface area contributed by atoms with Crippen molar-refractivity contribution in [3.8, 4) is 0 Å². The fourth-order valence-electron chi connectivity index (χ4n) is 1.96. The zero-order valence-electron chi connectivity index (χ0n) is 9.95. The second-order valence-electron chi connectivity index (χ2n) is 5.19. The Balaban J connectivity index is 1.88. The molecule has 1 aliphatic carbocycles. The Kier molecular flexibility index (Phi) is 2.83. The van der Waals surface area contributed by atoms with Gasteiger partial charge in [-0.3, -0.25) is 4.68 Å². The molecule has 1 heterocycles. The molecule has 0 spiro atoms. The largest absolute Gasteiger partial charge is 0.314 e. The Labute approximate surface area is 91.9 Å². The van der Waals surface area contributed by atoms with Crippen molar-refractivity contribution in [2.24, 2.45) is 12.5 Å². The van der Waals surface area contributed by atoms with Gasteiger partial charge < -0.3 is 5.32 Å². The molecule has 1 aromatic heterocycles. The number of nitrogens with one attached hydrogen (secondary N) is 1. The van der Waals surface area contributed by atoms with Crippen LogP contribution in [0.25, 0.3) is 0 Å². The second-order valence-corrected chi connectivity index (χ2v) is 5.19. The summed E-state index contributed by atoms with van der Waals surface area (Å²) in [5.74, 6) is 0. The first-order chi connectivity index (χ1) is 7.10. The second kappa shape index (κ2) is 3.97. The van der Waals surface area contributed by atoms with Gasteiger partial charge in [-0.05, 0) is 30.7 Å². The average Bonchev–Trinajstić information content (AvgIpc) is 2.81. The third-order valence-corrected chi connectivity index (χ3v) is 3.17. The third-order valence-electron chi connectivity index (χ3n) is 3.17. The Morgan fingerprint density at radius 3 is 2.73 bits per heavy atom. The monoisotopic (exact) mass is 207 g/mol. The molecule has 0 aliphatic heterocycles. The molecular weight excluding hydrogens is 186 g/mol. The SMILES string of the molecule is CC(C)NCC1(Cc2ccn(C)n2)CC1. The van der Waals surface area contributed by atoms with Crippen LogP contribution >= 0.6 is 0 Å². The van der Waals surface area contributed by atoms with E-state index in [9.17, 15) is 0 Å². The van der Waals surface area contributed by atoms with Gasteiger partial charge in [0.15, 0.2) is 0 Å². The quantitative estimate of drug-likeness (QED) is 0.797. The molecule has 0 amide bonds. The van der Waals surface area contributed by atoms with E-state index >= 15 is 0 Å². The molecule has 0 aromatic carbocycles. The number of hydrogen-bond acceptors (Lipinski definition) is 2. The van der Waals surface area contributed by atoms with Crippen LogP contribution in [0.3, 0.4) is 0 Å². The van der Waals surface area contributed by atoms with E-state index in [1.54, 1.807) is 0 Å². The van der Waals surface area contributed by atoms with Crippen molar-refractivity contribution < 1.29 is 0 Å². The number of rotatable bonds is 5. The molecule has 0 atom stereocenters. The van der Waals surface area contributed by atoms with Gasteiger partial charge in [-0.15, -0.1) is 0 Å². The zero-order chi connectivity index (χ0) is 10.9. The lowest BCUT2D eigenvalue weighted by Crippen LogP contribution is -2.31. The molecule has 0 unspecified atom stereocenters. The Morgan fingerprint density at radius 2 is 2.27 bits per heavy atom. The predicted molar refractivity (Wildman–Crippen MR) is 61.7 cm³/mol. The van der Waals surface area contributed by atoms with Crippen LogP contribution in [0, 0.1) is 5.41 Å². The van der Waals surface area contributed by atoms with E-state index < -0.39 is 0 Å². The van der Waals surface area contributed by atoms with Crippen LogP contribution < -0.4 is 5.32 Å². The average molecular weight is 207 g/mol. The normalized spacial score (nSPS) is 18.4. The number of aromatic nitrogens is 2. The number of nitrogens with zero attached hydrogens (tertiary/aromatic N) is 2. The lowest BCUT2D eigenvalue weighted by molar-refractivity contribution is 0.424. The van der Waals surface area contributed by atoms with Crippen molar-refractivity contribution in [2.45, 2.75) is 39.2 Å². The smallest absolute Gasteiger partial charge is 0.0630 e.